The van der Waals surface area contributed by atoms with Gasteiger partial charge in [-0.3, -0.25) is 0 Å². The molecule has 2 nitrogen and oxygen atoms in total. The van der Waals surface area contributed by atoms with E-state index in [0.717, 1.165) is 22.5 Å². The Balaban J connectivity index is 1.92. The highest BCUT2D eigenvalue weighted by molar-refractivity contribution is 6.02. The molecule has 4 rings (SSSR count). The van der Waals surface area contributed by atoms with Gasteiger partial charge in [-0.2, -0.15) is 0 Å². The molecule has 0 saturated heterocycles. The van der Waals surface area contributed by atoms with Crippen LogP contribution in [0.15, 0.2) is 78.9 Å². The first-order chi connectivity index (χ1) is 11.4. The molecule has 0 aliphatic carbocycles. The second kappa shape index (κ2) is 5.65. The Labute approximate surface area is 135 Å². The summed E-state index contributed by atoms with van der Waals surface area (Å²) in [5.41, 5.74) is 2.08. The maximum Gasteiger partial charge on any atom is 0.142 e. The second-order valence-corrected chi connectivity index (χ2v) is 5.52. The van der Waals surface area contributed by atoms with Gasteiger partial charge in [0.05, 0.1) is 12.8 Å². The van der Waals surface area contributed by atoms with E-state index in [4.69, 9.17) is 4.74 Å². The van der Waals surface area contributed by atoms with Crippen molar-refractivity contribution in [2.24, 2.45) is 0 Å². The predicted molar refractivity (Wildman–Crippen MR) is 97.7 cm³/mol. The van der Waals surface area contributed by atoms with Gasteiger partial charge < -0.3 is 10.1 Å². The van der Waals surface area contributed by atoms with Crippen molar-refractivity contribution in [2.45, 2.75) is 0 Å². The molecular weight excluding hydrogens is 282 g/mol. The van der Waals surface area contributed by atoms with E-state index in [9.17, 15) is 0 Å². The van der Waals surface area contributed by atoms with Crippen molar-refractivity contribution in [1.29, 1.82) is 0 Å². The van der Waals surface area contributed by atoms with Crippen LogP contribution in [0.3, 0.4) is 0 Å². The Morgan fingerprint density at radius 1 is 0.652 bits per heavy atom. The van der Waals surface area contributed by atoms with E-state index in [1.54, 1.807) is 7.11 Å². The molecular formula is C21H17NO. The summed E-state index contributed by atoms with van der Waals surface area (Å²) in [5.74, 6) is 0.844. The van der Waals surface area contributed by atoms with Crippen LogP contribution in [0.5, 0.6) is 5.75 Å². The summed E-state index contributed by atoms with van der Waals surface area (Å²) in [7, 11) is 1.71. The molecule has 2 heteroatoms. The first-order valence-electron chi connectivity index (χ1n) is 7.67. The number of hydrogen-bond donors (Lipinski definition) is 1. The van der Waals surface area contributed by atoms with E-state index in [-0.39, 0.29) is 0 Å². The maximum absolute atomic E-state index is 5.58. The van der Waals surface area contributed by atoms with Crippen molar-refractivity contribution in [3.63, 3.8) is 0 Å². The third kappa shape index (κ3) is 2.38. The van der Waals surface area contributed by atoms with Crippen LogP contribution in [0, 0.1) is 0 Å². The average molecular weight is 299 g/mol. The number of ether oxygens (including phenoxy) is 1. The van der Waals surface area contributed by atoms with Gasteiger partial charge in [0.2, 0.25) is 0 Å². The Hall–Kier alpha value is -3.00. The fourth-order valence-electron chi connectivity index (χ4n) is 3.02. The van der Waals surface area contributed by atoms with Crippen molar-refractivity contribution in [3.05, 3.63) is 78.9 Å². The number of benzene rings is 4. The molecule has 0 unspecified atom stereocenters. The molecule has 0 aliphatic heterocycles. The zero-order chi connectivity index (χ0) is 15.6. The van der Waals surface area contributed by atoms with E-state index in [1.165, 1.54) is 16.2 Å². The van der Waals surface area contributed by atoms with E-state index in [0.29, 0.717) is 0 Å². The molecule has 0 bridgehead atoms. The van der Waals surface area contributed by atoms with Crippen LogP contribution in [0.1, 0.15) is 0 Å². The minimum Gasteiger partial charge on any atom is -0.495 e. The van der Waals surface area contributed by atoms with Gasteiger partial charge in [0.15, 0.2) is 0 Å². The number of methoxy groups -OCH3 is 1. The highest BCUT2D eigenvalue weighted by Gasteiger charge is 2.09. The zero-order valence-corrected chi connectivity index (χ0v) is 12.9. The van der Waals surface area contributed by atoms with Crippen LogP contribution >= 0.6 is 0 Å². The van der Waals surface area contributed by atoms with Crippen LogP contribution in [-0.4, -0.2) is 7.11 Å². The molecule has 0 fully saturated rings. The van der Waals surface area contributed by atoms with E-state index in [1.807, 2.05) is 6.07 Å². The third-order valence-electron chi connectivity index (χ3n) is 4.16. The third-order valence-corrected chi connectivity index (χ3v) is 4.16. The maximum atomic E-state index is 5.58. The van der Waals surface area contributed by atoms with Crippen molar-refractivity contribution >= 4 is 32.9 Å². The molecule has 0 aromatic heterocycles. The molecule has 0 amide bonds. The quantitative estimate of drug-likeness (QED) is 0.520. The van der Waals surface area contributed by atoms with Gasteiger partial charge in [0.25, 0.3) is 0 Å². The lowest BCUT2D eigenvalue weighted by Crippen LogP contribution is -1.96. The molecule has 0 aliphatic rings. The molecule has 23 heavy (non-hydrogen) atoms. The molecule has 0 heterocycles. The van der Waals surface area contributed by atoms with Gasteiger partial charge in [-0.05, 0) is 22.9 Å². The van der Waals surface area contributed by atoms with Gasteiger partial charge in [-0.1, -0.05) is 66.7 Å². The summed E-state index contributed by atoms with van der Waals surface area (Å²) in [6, 6.07) is 27.1. The van der Waals surface area contributed by atoms with Crippen LogP contribution in [0.4, 0.5) is 11.4 Å². The van der Waals surface area contributed by atoms with E-state index < -0.39 is 0 Å². The van der Waals surface area contributed by atoms with Gasteiger partial charge in [0, 0.05) is 16.5 Å². The summed E-state index contributed by atoms with van der Waals surface area (Å²) >= 11 is 0. The van der Waals surface area contributed by atoms with Gasteiger partial charge in [0.1, 0.15) is 5.75 Å². The number of anilines is 2. The van der Waals surface area contributed by atoms with Crippen molar-refractivity contribution < 1.29 is 4.74 Å². The molecule has 0 radical (unpaired) electrons. The predicted octanol–water partition coefficient (Wildman–Crippen LogP) is 5.75. The largest absolute Gasteiger partial charge is 0.495 e. The minimum absolute atomic E-state index is 0.844. The Morgan fingerprint density at radius 3 is 2.09 bits per heavy atom. The molecule has 4 aromatic carbocycles. The summed E-state index contributed by atoms with van der Waals surface area (Å²) in [6.07, 6.45) is 0. The highest BCUT2D eigenvalue weighted by Crippen LogP contribution is 2.37. The summed E-state index contributed by atoms with van der Waals surface area (Å²) < 4.78 is 5.58. The molecule has 4 aromatic rings. The lowest BCUT2D eigenvalue weighted by Gasteiger charge is -2.15. The smallest absolute Gasteiger partial charge is 0.142 e. The first-order valence-corrected chi connectivity index (χ1v) is 7.67. The molecule has 0 saturated carbocycles. The molecule has 1 N–H and O–H groups in total. The number of nitrogens with one attached hydrogen (secondary N) is 1. The van der Waals surface area contributed by atoms with Crippen molar-refractivity contribution in [2.75, 3.05) is 12.4 Å². The van der Waals surface area contributed by atoms with Crippen molar-refractivity contribution in [1.82, 2.24) is 0 Å². The van der Waals surface area contributed by atoms with Gasteiger partial charge in [-0.15, -0.1) is 0 Å². The molecule has 0 spiro atoms. The van der Waals surface area contributed by atoms with Crippen LogP contribution in [0.2, 0.25) is 0 Å². The highest BCUT2D eigenvalue weighted by atomic mass is 16.5. The average Bonchev–Trinajstić information content (AvgIpc) is 2.62. The number of hydrogen-bond acceptors (Lipinski definition) is 2. The van der Waals surface area contributed by atoms with E-state index >= 15 is 0 Å². The number of rotatable bonds is 3. The Morgan fingerprint density at radius 2 is 1.30 bits per heavy atom. The molecule has 0 atom stereocenters. The lowest BCUT2D eigenvalue weighted by molar-refractivity contribution is 0.417. The topological polar surface area (TPSA) is 21.3 Å². The monoisotopic (exact) mass is 299 g/mol. The minimum atomic E-state index is 0.844. The second-order valence-electron chi connectivity index (χ2n) is 5.52. The summed E-state index contributed by atoms with van der Waals surface area (Å²) in [4.78, 5) is 0. The zero-order valence-electron chi connectivity index (χ0n) is 12.9. The summed E-state index contributed by atoms with van der Waals surface area (Å²) in [5, 5.41) is 8.35. The Bertz CT molecular complexity index is 986. The lowest BCUT2D eigenvalue weighted by atomic mass is 10.1. The van der Waals surface area contributed by atoms with Crippen LogP contribution < -0.4 is 10.1 Å². The first kappa shape index (κ1) is 13.6. The van der Waals surface area contributed by atoms with E-state index in [2.05, 4.69) is 78.1 Å². The fraction of sp³-hybridized carbons (Fsp3) is 0.0476. The van der Waals surface area contributed by atoms with Crippen molar-refractivity contribution in [3.8, 4) is 5.75 Å². The standard InChI is InChI=1S/C21H17NO/c1-23-20-14-13-16-8-3-5-11-18(16)21(20)22-19-12-6-9-15-7-2-4-10-17(15)19/h2-14,22H,1H3. The Kier molecular flexibility index (Phi) is 3.35. The molecule has 112 valence electrons. The SMILES string of the molecule is COc1ccc2ccccc2c1Nc1cccc2ccccc12. The summed E-state index contributed by atoms with van der Waals surface area (Å²) in [6.45, 7) is 0. The normalized spacial score (nSPS) is 10.8. The number of fused-ring (bicyclic) bond motifs is 2. The van der Waals surface area contributed by atoms with Gasteiger partial charge in [-0.25, -0.2) is 0 Å². The fourth-order valence-corrected chi connectivity index (χ4v) is 3.02. The van der Waals surface area contributed by atoms with Crippen LogP contribution in [-0.2, 0) is 0 Å². The van der Waals surface area contributed by atoms with Gasteiger partial charge >= 0.3 is 0 Å². The van der Waals surface area contributed by atoms with Crippen LogP contribution in [0.25, 0.3) is 21.5 Å².